The van der Waals surface area contributed by atoms with Gasteiger partial charge in [0.1, 0.15) is 5.75 Å². The minimum absolute atomic E-state index is 0.221. The van der Waals surface area contributed by atoms with Gasteiger partial charge in [0.2, 0.25) is 0 Å². The van der Waals surface area contributed by atoms with Crippen LogP contribution in [0.4, 0.5) is 0 Å². The van der Waals surface area contributed by atoms with Crippen LogP contribution in [0.25, 0.3) is 11.5 Å². The van der Waals surface area contributed by atoms with Gasteiger partial charge >= 0.3 is 0 Å². The van der Waals surface area contributed by atoms with Gasteiger partial charge in [-0.3, -0.25) is 0 Å². The maximum Gasteiger partial charge on any atom is 0.258 e. The Bertz CT molecular complexity index is 508. The molecular formula is C12H14N2O3. The number of aromatic hydroxyl groups is 1. The van der Waals surface area contributed by atoms with E-state index in [4.69, 9.17) is 9.26 Å². The molecule has 5 heteroatoms. The molecule has 0 amide bonds. The van der Waals surface area contributed by atoms with E-state index in [1.807, 2.05) is 19.1 Å². The van der Waals surface area contributed by atoms with Crippen molar-refractivity contribution in [2.24, 2.45) is 0 Å². The number of phenolic OH excluding ortho intramolecular Hbond substituents is 1. The zero-order valence-electron chi connectivity index (χ0n) is 9.80. The van der Waals surface area contributed by atoms with Crippen molar-refractivity contribution in [3.05, 3.63) is 29.6 Å². The summed E-state index contributed by atoms with van der Waals surface area (Å²) in [4.78, 5) is 4.22. The van der Waals surface area contributed by atoms with Gasteiger partial charge in [0.05, 0.1) is 6.61 Å². The van der Waals surface area contributed by atoms with Crippen LogP contribution in [0, 0.1) is 6.92 Å². The summed E-state index contributed by atoms with van der Waals surface area (Å²) in [5.74, 6) is 1.23. The number of hydrogen-bond donors (Lipinski definition) is 1. The Balaban J connectivity index is 2.21. The molecule has 5 nitrogen and oxygen atoms in total. The summed E-state index contributed by atoms with van der Waals surface area (Å²) < 4.78 is 10.0. The molecule has 1 N–H and O–H groups in total. The Morgan fingerprint density at radius 2 is 2.24 bits per heavy atom. The van der Waals surface area contributed by atoms with Crippen LogP contribution in [-0.2, 0) is 11.2 Å². The molecular weight excluding hydrogens is 220 g/mol. The van der Waals surface area contributed by atoms with Gasteiger partial charge in [-0.1, -0.05) is 11.2 Å². The second-order valence-corrected chi connectivity index (χ2v) is 3.76. The molecule has 2 aromatic rings. The minimum Gasteiger partial charge on any atom is -0.508 e. The lowest BCUT2D eigenvalue weighted by molar-refractivity contribution is 0.199. The van der Waals surface area contributed by atoms with Crippen molar-refractivity contribution < 1.29 is 14.4 Å². The van der Waals surface area contributed by atoms with Crippen LogP contribution in [0.3, 0.4) is 0 Å². The molecule has 90 valence electrons. The van der Waals surface area contributed by atoms with Crippen LogP contribution >= 0.6 is 0 Å². The van der Waals surface area contributed by atoms with E-state index in [1.165, 1.54) is 0 Å². The summed E-state index contributed by atoms with van der Waals surface area (Å²) in [6.07, 6.45) is 0.609. The third-order valence-electron chi connectivity index (χ3n) is 2.45. The molecule has 0 unspecified atom stereocenters. The van der Waals surface area contributed by atoms with E-state index in [0.29, 0.717) is 30.3 Å². The van der Waals surface area contributed by atoms with Crippen LogP contribution in [-0.4, -0.2) is 29.0 Å². The van der Waals surface area contributed by atoms with Gasteiger partial charge in [-0.25, -0.2) is 0 Å². The first-order valence-corrected chi connectivity index (χ1v) is 5.32. The molecule has 0 aliphatic rings. The van der Waals surface area contributed by atoms with Crippen molar-refractivity contribution in [1.29, 1.82) is 0 Å². The number of nitrogens with zero attached hydrogens (tertiary/aromatic N) is 2. The van der Waals surface area contributed by atoms with Crippen LogP contribution < -0.4 is 0 Å². The lowest BCUT2D eigenvalue weighted by Crippen LogP contribution is -1.96. The molecule has 0 bridgehead atoms. The van der Waals surface area contributed by atoms with Crippen molar-refractivity contribution >= 4 is 0 Å². The second kappa shape index (κ2) is 4.97. The summed E-state index contributed by atoms with van der Waals surface area (Å²) in [5, 5.41) is 13.4. The molecule has 1 aromatic carbocycles. The number of aryl methyl sites for hydroxylation is 1. The predicted molar refractivity (Wildman–Crippen MR) is 61.7 cm³/mol. The van der Waals surface area contributed by atoms with Gasteiger partial charge in [-0.15, -0.1) is 0 Å². The highest BCUT2D eigenvalue weighted by atomic mass is 16.5. The van der Waals surface area contributed by atoms with Crippen molar-refractivity contribution in [1.82, 2.24) is 10.1 Å². The summed E-state index contributed by atoms with van der Waals surface area (Å²) in [5.41, 5.74) is 1.53. The number of hydrogen-bond acceptors (Lipinski definition) is 5. The Labute approximate surface area is 99.0 Å². The van der Waals surface area contributed by atoms with E-state index in [9.17, 15) is 5.11 Å². The number of aromatic nitrogens is 2. The molecule has 0 aliphatic heterocycles. The van der Waals surface area contributed by atoms with E-state index in [-0.39, 0.29) is 5.75 Å². The molecule has 0 spiro atoms. The molecule has 0 aliphatic carbocycles. The van der Waals surface area contributed by atoms with Crippen molar-refractivity contribution in [2.75, 3.05) is 13.7 Å². The molecule has 0 saturated carbocycles. The highest BCUT2D eigenvalue weighted by Gasteiger charge is 2.09. The number of rotatable bonds is 4. The van der Waals surface area contributed by atoms with Gasteiger partial charge in [-0.2, -0.15) is 4.98 Å². The average Bonchev–Trinajstić information content (AvgIpc) is 2.79. The second-order valence-electron chi connectivity index (χ2n) is 3.76. The highest BCUT2D eigenvalue weighted by Crippen LogP contribution is 2.24. The number of phenols is 1. The van der Waals surface area contributed by atoms with Crippen molar-refractivity contribution in [3.8, 4) is 17.2 Å². The van der Waals surface area contributed by atoms with Crippen LogP contribution in [0.15, 0.2) is 22.7 Å². The fraction of sp³-hybridized carbons (Fsp3) is 0.333. The SMILES string of the molecule is COCCc1noc(-c2ccc(C)c(O)c2)n1. The number of ether oxygens (including phenoxy) is 1. The summed E-state index contributed by atoms with van der Waals surface area (Å²) >= 11 is 0. The Morgan fingerprint density at radius 1 is 1.41 bits per heavy atom. The Morgan fingerprint density at radius 3 is 2.94 bits per heavy atom. The third kappa shape index (κ3) is 2.62. The smallest absolute Gasteiger partial charge is 0.258 e. The van der Waals surface area contributed by atoms with E-state index >= 15 is 0 Å². The quantitative estimate of drug-likeness (QED) is 0.875. The molecule has 0 radical (unpaired) electrons. The largest absolute Gasteiger partial charge is 0.508 e. The van der Waals surface area contributed by atoms with Crippen LogP contribution in [0.1, 0.15) is 11.4 Å². The fourth-order valence-electron chi connectivity index (χ4n) is 1.41. The molecule has 0 fully saturated rings. The van der Waals surface area contributed by atoms with E-state index < -0.39 is 0 Å². The minimum atomic E-state index is 0.221. The summed E-state index contributed by atoms with van der Waals surface area (Å²) in [6, 6.07) is 5.26. The first-order valence-electron chi connectivity index (χ1n) is 5.32. The maximum absolute atomic E-state index is 9.60. The molecule has 2 rings (SSSR count). The summed E-state index contributed by atoms with van der Waals surface area (Å²) in [6.45, 7) is 2.38. The highest BCUT2D eigenvalue weighted by molar-refractivity contribution is 5.57. The molecule has 0 saturated heterocycles. The summed E-state index contributed by atoms with van der Waals surface area (Å²) in [7, 11) is 1.62. The Kier molecular flexibility index (Phi) is 3.39. The zero-order valence-corrected chi connectivity index (χ0v) is 9.80. The van der Waals surface area contributed by atoms with Crippen molar-refractivity contribution in [2.45, 2.75) is 13.3 Å². The van der Waals surface area contributed by atoms with E-state index in [0.717, 1.165) is 5.56 Å². The first-order chi connectivity index (χ1) is 8.20. The lowest BCUT2D eigenvalue weighted by atomic mass is 10.1. The van der Waals surface area contributed by atoms with Gasteiger partial charge < -0.3 is 14.4 Å². The first kappa shape index (κ1) is 11.6. The number of benzene rings is 1. The molecule has 0 atom stereocenters. The normalized spacial score (nSPS) is 10.7. The van der Waals surface area contributed by atoms with Gasteiger partial charge in [-0.05, 0) is 24.6 Å². The molecule has 17 heavy (non-hydrogen) atoms. The third-order valence-corrected chi connectivity index (χ3v) is 2.45. The van der Waals surface area contributed by atoms with E-state index in [1.54, 1.807) is 13.2 Å². The maximum atomic E-state index is 9.60. The lowest BCUT2D eigenvalue weighted by Gasteiger charge is -1.99. The van der Waals surface area contributed by atoms with E-state index in [2.05, 4.69) is 10.1 Å². The van der Waals surface area contributed by atoms with Crippen LogP contribution in [0.5, 0.6) is 5.75 Å². The van der Waals surface area contributed by atoms with Gasteiger partial charge in [0.15, 0.2) is 5.82 Å². The molecule has 1 aromatic heterocycles. The number of methoxy groups -OCH3 is 1. The van der Waals surface area contributed by atoms with Gasteiger partial charge in [0, 0.05) is 19.1 Å². The topological polar surface area (TPSA) is 68.4 Å². The molecule has 1 heterocycles. The average molecular weight is 234 g/mol. The predicted octanol–water partition coefficient (Wildman–Crippen LogP) is 1.94. The Hall–Kier alpha value is -1.88. The van der Waals surface area contributed by atoms with Gasteiger partial charge in [0.25, 0.3) is 5.89 Å². The zero-order chi connectivity index (χ0) is 12.3. The fourth-order valence-corrected chi connectivity index (χ4v) is 1.41. The monoisotopic (exact) mass is 234 g/mol. The van der Waals surface area contributed by atoms with Crippen molar-refractivity contribution in [3.63, 3.8) is 0 Å². The van der Waals surface area contributed by atoms with Crippen LogP contribution in [0.2, 0.25) is 0 Å². The standard InChI is InChI=1S/C12H14N2O3/c1-8-3-4-9(7-10(8)15)12-13-11(14-17-12)5-6-16-2/h3-4,7,15H,5-6H2,1-2H3.